The molecule has 0 spiro atoms. The molecular formula is C17H24N4O. The van der Waals surface area contributed by atoms with Crippen LogP contribution in [0.5, 0.6) is 0 Å². The number of allylic oxidation sites excluding steroid dienone is 2. The van der Waals surface area contributed by atoms with Gasteiger partial charge in [-0.25, -0.2) is 4.98 Å². The summed E-state index contributed by atoms with van der Waals surface area (Å²) in [5, 5.41) is 0. The maximum Gasteiger partial charge on any atom is 0.252 e. The Labute approximate surface area is 131 Å². The lowest BCUT2D eigenvalue weighted by Crippen LogP contribution is -2.48. The molecule has 5 nitrogen and oxygen atoms in total. The number of anilines is 1. The maximum atomic E-state index is 11.5. The second-order valence-electron chi connectivity index (χ2n) is 6.18. The molecule has 118 valence electrons. The number of carbonyl (C=O) groups is 1. The highest BCUT2D eigenvalue weighted by molar-refractivity contribution is 5.97. The van der Waals surface area contributed by atoms with Gasteiger partial charge < -0.3 is 10.6 Å². The second kappa shape index (κ2) is 6.92. The topological polar surface area (TPSA) is 62.5 Å². The van der Waals surface area contributed by atoms with Crippen LogP contribution in [0.15, 0.2) is 30.5 Å². The molecule has 0 aromatic carbocycles. The van der Waals surface area contributed by atoms with Crippen molar-refractivity contribution in [1.82, 2.24) is 9.88 Å². The molecule has 1 aromatic heterocycles. The molecule has 22 heavy (non-hydrogen) atoms. The number of amides is 1. The van der Waals surface area contributed by atoms with Gasteiger partial charge in [-0.3, -0.25) is 9.69 Å². The van der Waals surface area contributed by atoms with Crippen LogP contribution in [0.1, 0.15) is 29.6 Å². The predicted octanol–water partition coefficient (Wildman–Crippen LogP) is 1.66. The van der Waals surface area contributed by atoms with Crippen molar-refractivity contribution in [2.24, 2.45) is 11.7 Å². The van der Waals surface area contributed by atoms with E-state index in [4.69, 9.17) is 5.73 Å². The molecule has 0 radical (unpaired) electrons. The Hall–Kier alpha value is -1.88. The molecule has 2 N–H and O–H groups in total. The molecule has 1 amide bonds. The Morgan fingerprint density at radius 1 is 1.27 bits per heavy atom. The number of hydrogen-bond donors (Lipinski definition) is 1. The lowest BCUT2D eigenvalue weighted by molar-refractivity contribution is 0.1000. The molecule has 1 unspecified atom stereocenters. The number of pyridine rings is 1. The molecule has 1 aliphatic heterocycles. The molecule has 2 aliphatic rings. The van der Waals surface area contributed by atoms with Crippen molar-refractivity contribution < 1.29 is 4.79 Å². The average Bonchev–Trinajstić information content (AvgIpc) is 2.56. The van der Waals surface area contributed by atoms with Crippen molar-refractivity contribution >= 4 is 11.7 Å². The van der Waals surface area contributed by atoms with Crippen molar-refractivity contribution in [2.45, 2.75) is 19.3 Å². The van der Waals surface area contributed by atoms with Crippen LogP contribution in [0.25, 0.3) is 0 Å². The van der Waals surface area contributed by atoms with Crippen molar-refractivity contribution in [3.63, 3.8) is 0 Å². The Kier molecular flexibility index (Phi) is 4.73. The fraction of sp³-hybridized carbons (Fsp3) is 0.529. The van der Waals surface area contributed by atoms with Crippen LogP contribution in [0.4, 0.5) is 5.82 Å². The van der Waals surface area contributed by atoms with E-state index in [1.165, 1.54) is 25.8 Å². The minimum Gasteiger partial charge on any atom is -0.365 e. The van der Waals surface area contributed by atoms with Crippen LogP contribution >= 0.6 is 0 Å². The summed E-state index contributed by atoms with van der Waals surface area (Å²) in [7, 11) is 0. The van der Waals surface area contributed by atoms with Gasteiger partial charge in [-0.05, 0) is 37.3 Å². The SMILES string of the molecule is NC(=O)c1cccnc1N1CCN(CC2CC=CCC2)CC1. The van der Waals surface area contributed by atoms with E-state index in [0.29, 0.717) is 5.56 Å². The summed E-state index contributed by atoms with van der Waals surface area (Å²) in [6.07, 6.45) is 10.1. The van der Waals surface area contributed by atoms with Crippen LogP contribution < -0.4 is 10.6 Å². The van der Waals surface area contributed by atoms with E-state index in [0.717, 1.165) is 37.9 Å². The van der Waals surface area contributed by atoms with Crippen molar-refractivity contribution in [3.05, 3.63) is 36.0 Å². The zero-order valence-corrected chi connectivity index (χ0v) is 12.9. The molecular weight excluding hydrogens is 276 g/mol. The van der Waals surface area contributed by atoms with Crippen molar-refractivity contribution in [1.29, 1.82) is 0 Å². The number of piperazine rings is 1. The van der Waals surface area contributed by atoms with E-state index in [1.54, 1.807) is 18.3 Å². The number of nitrogens with zero attached hydrogens (tertiary/aromatic N) is 3. The molecule has 5 heteroatoms. The first-order valence-corrected chi connectivity index (χ1v) is 8.11. The van der Waals surface area contributed by atoms with Gasteiger partial charge in [0.2, 0.25) is 0 Å². The monoisotopic (exact) mass is 300 g/mol. The molecule has 1 aromatic rings. The van der Waals surface area contributed by atoms with Gasteiger partial charge in [0.05, 0.1) is 5.56 Å². The van der Waals surface area contributed by atoms with E-state index >= 15 is 0 Å². The largest absolute Gasteiger partial charge is 0.365 e. The Bertz CT molecular complexity index is 549. The number of carbonyl (C=O) groups excluding carboxylic acids is 1. The lowest BCUT2D eigenvalue weighted by Gasteiger charge is -2.37. The maximum absolute atomic E-state index is 11.5. The highest BCUT2D eigenvalue weighted by Gasteiger charge is 2.23. The van der Waals surface area contributed by atoms with Crippen LogP contribution in [0.2, 0.25) is 0 Å². The smallest absolute Gasteiger partial charge is 0.252 e. The number of nitrogens with two attached hydrogens (primary N) is 1. The quantitative estimate of drug-likeness (QED) is 0.859. The van der Waals surface area contributed by atoms with Gasteiger partial charge in [-0.1, -0.05) is 12.2 Å². The summed E-state index contributed by atoms with van der Waals surface area (Å²) in [6, 6.07) is 3.52. The van der Waals surface area contributed by atoms with Crippen molar-refractivity contribution in [3.8, 4) is 0 Å². The van der Waals surface area contributed by atoms with Gasteiger partial charge in [0.15, 0.2) is 0 Å². The number of primary amides is 1. The normalized spacial score (nSPS) is 22.7. The highest BCUT2D eigenvalue weighted by Crippen LogP contribution is 2.22. The number of hydrogen-bond acceptors (Lipinski definition) is 4. The Morgan fingerprint density at radius 3 is 2.77 bits per heavy atom. The number of rotatable bonds is 4. The van der Waals surface area contributed by atoms with Gasteiger partial charge >= 0.3 is 0 Å². The van der Waals surface area contributed by atoms with E-state index in [-0.39, 0.29) is 0 Å². The van der Waals surface area contributed by atoms with Gasteiger partial charge in [0, 0.05) is 38.9 Å². The molecule has 2 heterocycles. The van der Waals surface area contributed by atoms with Gasteiger partial charge in [0.25, 0.3) is 5.91 Å². The van der Waals surface area contributed by atoms with Gasteiger partial charge in [-0.2, -0.15) is 0 Å². The summed E-state index contributed by atoms with van der Waals surface area (Å²) >= 11 is 0. The fourth-order valence-electron chi connectivity index (χ4n) is 3.37. The first kappa shape index (κ1) is 15.0. The molecule has 3 rings (SSSR count). The first-order chi connectivity index (χ1) is 10.7. The van der Waals surface area contributed by atoms with E-state index in [1.807, 2.05) is 0 Å². The first-order valence-electron chi connectivity index (χ1n) is 8.11. The number of aromatic nitrogens is 1. The molecule has 1 atom stereocenters. The average molecular weight is 300 g/mol. The summed E-state index contributed by atoms with van der Waals surface area (Å²) < 4.78 is 0. The van der Waals surface area contributed by atoms with Crippen LogP contribution in [-0.4, -0.2) is 48.5 Å². The standard InChI is InChI=1S/C17H24N4O/c18-16(22)15-7-4-8-19-17(15)21-11-9-20(10-12-21)13-14-5-2-1-3-6-14/h1-2,4,7-8,14H,3,5-6,9-13H2,(H2,18,22). The predicted molar refractivity (Wildman–Crippen MR) is 87.9 cm³/mol. The summed E-state index contributed by atoms with van der Waals surface area (Å²) in [5.74, 6) is 1.13. The molecule has 1 saturated heterocycles. The second-order valence-corrected chi connectivity index (χ2v) is 6.18. The molecule has 1 aliphatic carbocycles. The van der Waals surface area contributed by atoms with Gasteiger partial charge in [-0.15, -0.1) is 0 Å². The zero-order chi connectivity index (χ0) is 15.4. The van der Waals surface area contributed by atoms with Crippen LogP contribution in [0.3, 0.4) is 0 Å². The van der Waals surface area contributed by atoms with Crippen LogP contribution in [-0.2, 0) is 0 Å². The minimum atomic E-state index is -0.403. The summed E-state index contributed by atoms with van der Waals surface area (Å²) in [6.45, 7) is 5.03. The van der Waals surface area contributed by atoms with Crippen molar-refractivity contribution in [2.75, 3.05) is 37.6 Å². The minimum absolute atomic E-state index is 0.403. The zero-order valence-electron chi connectivity index (χ0n) is 12.9. The summed E-state index contributed by atoms with van der Waals surface area (Å²) in [4.78, 5) is 20.6. The van der Waals surface area contributed by atoms with Gasteiger partial charge in [0.1, 0.15) is 5.82 Å². The van der Waals surface area contributed by atoms with Crippen LogP contribution in [0, 0.1) is 5.92 Å². The third kappa shape index (κ3) is 3.47. The van der Waals surface area contributed by atoms with E-state index in [2.05, 4.69) is 26.9 Å². The summed E-state index contributed by atoms with van der Waals surface area (Å²) in [5.41, 5.74) is 5.97. The lowest BCUT2D eigenvalue weighted by atomic mass is 9.94. The van der Waals surface area contributed by atoms with E-state index in [9.17, 15) is 4.79 Å². The molecule has 0 saturated carbocycles. The third-order valence-corrected chi connectivity index (χ3v) is 4.62. The third-order valence-electron chi connectivity index (χ3n) is 4.62. The molecule has 0 bridgehead atoms. The Morgan fingerprint density at radius 2 is 2.09 bits per heavy atom. The van der Waals surface area contributed by atoms with E-state index < -0.39 is 5.91 Å². The fourth-order valence-corrected chi connectivity index (χ4v) is 3.37. The Balaban J connectivity index is 1.57. The molecule has 1 fully saturated rings. The highest BCUT2D eigenvalue weighted by atomic mass is 16.1.